The molecule has 0 amide bonds. The minimum absolute atomic E-state index is 0.0550. The number of aryl methyl sites for hydroxylation is 1. The average Bonchev–Trinajstić information content (AvgIpc) is 2.87. The molecule has 34 heavy (non-hydrogen) atoms. The summed E-state index contributed by atoms with van der Waals surface area (Å²) in [6, 6.07) is 18.6. The first-order valence-electron chi connectivity index (χ1n) is 12.4. The van der Waals surface area contributed by atoms with Crippen LogP contribution in [0, 0.1) is 12.8 Å². The lowest BCUT2D eigenvalue weighted by atomic mass is 9.85. The highest BCUT2D eigenvalue weighted by atomic mass is 16.5. The molecule has 0 N–H and O–H groups in total. The maximum atomic E-state index is 13.9. The van der Waals surface area contributed by atoms with Gasteiger partial charge in [0.1, 0.15) is 5.75 Å². The molecule has 0 saturated heterocycles. The number of hydrogen-bond donors (Lipinski definition) is 0. The predicted octanol–water partition coefficient (Wildman–Crippen LogP) is 5.10. The number of hydrogen-bond acceptors (Lipinski definition) is 5. The largest absolute Gasteiger partial charge is 0.495 e. The van der Waals surface area contributed by atoms with Crippen molar-refractivity contribution < 1.29 is 4.74 Å². The van der Waals surface area contributed by atoms with E-state index in [0.29, 0.717) is 37.7 Å². The van der Waals surface area contributed by atoms with Crippen LogP contribution in [0.5, 0.6) is 5.75 Å². The van der Waals surface area contributed by atoms with Gasteiger partial charge in [-0.25, -0.2) is 4.98 Å². The minimum Gasteiger partial charge on any atom is -0.495 e. The van der Waals surface area contributed by atoms with E-state index in [-0.39, 0.29) is 5.56 Å². The van der Waals surface area contributed by atoms with E-state index in [9.17, 15) is 4.79 Å². The number of rotatable bonds is 5. The van der Waals surface area contributed by atoms with Crippen molar-refractivity contribution in [3.8, 4) is 5.75 Å². The monoisotopic (exact) mass is 458 g/mol. The van der Waals surface area contributed by atoms with Gasteiger partial charge in [0.25, 0.3) is 5.56 Å². The summed E-state index contributed by atoms with van der Waals surface area (Å²) in [5, 5.41) is 0. The Morgan fingerprint density at radius 1 is 1.00 bits per heavy atom. The SMILES string of the molecule is COc1ccccc1N1CN(C2CCCCC2C)Cn2c1nc(C)c(Cc1ccccc1)c2=O. The van der Waals surface area contributed by atoms with Crippen molar-refractivity contribution in [2.75, 3.05) is 18.7 Å². The van der Waals surface area contributed by atoms with E-state index < -0.39 is 0 Å². The molecule has 1 aromatic heterocycles. The third-order valence-electron chi connectivity index (χ3n) is 7.47. The van der Waals surface area contributed by atoms with Crippen LogP contribution in [0.1, 0.15) is 49.4 Å². The van der Waals surface area contributed by atoms with Gasteiger partial charge >= 0.3 is 0 Å². The zero-order valence-electron chi connectivity index (χ0n) is 20.4. The highest BCUT2D eigenvalue weighted by molar-refractivity contribution is 5.66. The number of nitrogens with zero attached hydrogens (tertiary/aromatic N) is 4. The maximum Gasteiger partial charge on any atom is 0.259 e. The molecule has 0 spiro atoms. The van der Waals surface area contributed by atoms with Crippen molar-refractivity contribution in [2.24, 2.45) is 5.92 Å². The fourth-order valence-corrected chi connectivity index (χ4v) is 5.58. The first-order chi connectivity index (χ1) is 16.6. The van der Waals surface area contributed by atoms with Gasteiger partial charge in [0, 0.05) is 18.0 Å². The van der Waals surface area contributed by atoms with Gasteiger partial charge in [0.15, 0.2) is 0 Å². The molecular formula is C28H34N4O2. The summed E-state index contributed by atoms with van der Waals surface area (Å²) in [5.74, 6) is 2.09. The summed E-state index contributed by atoms with van der Waals surface area (Å²) in [5.41, 5.74) is 3.68. The minimum atomic E-state index is 0.0550. The smallest absolute Gasteiger partial charge is 0.259 e. The van der Waals surface area contributed by atoms with Crippen LogP contribution in [0.25, 0.3) is 0 Å². The number of aromatic nitrogens is 2. The second-order valence-corrected chi connectivity index (χ2v) is 9.67. The van der Waals surface area contributed by atoms with Crippen molar-refractivity contribution in [1.82, 2.24) is 14.5 Å². The first-order valence-corrected chi connectivity index (χ1v) is 12.4. The van der Waals surface area contributed by atoms with Crippen LogP contribution >= 0.6 is 0 Å². The van der Waals surface area contributed by atoms with E-state index in [0.717, 1.165) is 28.3 Å². The topological polar surface area (TPSA) is 50.6 Å². The summed E-state index contributed by atoms with van der Waals surface area (Å²) in [4.78, 5) is 23.6. The van der Waals surface area contributed by atoms with Crippen molar-refractivity contribution in [2.45, 2.75) is 58.7 Å². The van der Waals surface area contributed by atoms with E-state index in [1.165, 1.54) is 25.7 Å². The van der Waals surface area contributed by atoms with E-state index in [1.807, 2.05) is 47.9 Å². The summed E-state index contributed by atoms with van der Waals surface area (Å²) in [6.45, 7) is 5.57. The molecule has 2 aliphatic rings. The third-order valence-corrected chi connectivity index (χ3v) is 7.47. The van der Waals surface area contributed by atoms with Gasteiger partial charge in [-0.15, -0.1) is 0 Å². The Bertz CT molecular complexity index is 1210. The van der Waals surface area contributed by atoms with E-state index in [2.05, 4.69) is 34.9 Å². The number of fused-ring (bicyclic) bond motifs is 1. The molecule has 178 valence electrons. The number of methoxy groups -OCH3 is 1. The lowest BCUT2D eigenvalue weighted by Crippen LogP contribution is -2.53. The van der Waals surface area contributed by atoms with Crippen LogP contribution in [0.4, 0.5) is 11.6 Å². The second-order valence-electron chi connectivity index (χ2n) is 9.67. The van der Waals surface area contributed by atoms with Crippen LogP contribution in [0.2, 0.25) is 0 Å². The highest BCUT2D eigenvalue weighted by Gasteiger charge is 2.35. The van der Waals surface area contributed by atoms with Gasteiger partial charge in [-0.05, 0) is 43.4 Å². The van der Waals surface area contributed by atoms with Crippen LogP contribution in [0.3, 0.4) is 0 Å². The summed E-state index contributed by atoms with van der Waals surface area (Å²) >= 11 is 0. The standard InChI is InChI=1S/C28H34N4O2/c1-20-11-7-8-14-24(20)30-18-31(25-15-9-10-16-26(25)34-3)28-29-21(2)23(27(33)32(28)19-30)17-22-12-5-4-6-13-22/h4-6,9-10,12-13,15-16,20,24H,7-8,11,14,17-19H2,1-3H3. The Hall–Kier alpha value is -3.12. The summed E-state index contributed by atoms with van der Waals surface area (Å²) in [7, 11) is 1.69. The van der Waals surface area contributed by atoms with Gasteiger partial charge in [-0.2, -0.15) is 0 Å². The molecule has 1 aliphatic carbocycles. The average molecular weight is 459 g/mol. The zero-order valence-corrected chi connectivity index (χ0v) is 20.4. The third kappa shape index (κ3) is 4.23. The highest BCUT2D eigenvalue weighted by Crippen LogP contribution is 2.37. The molecule has 1 fully saturated rings. The fourth-order valence-electron chi connectivity index (χ4n) is 5.58. The molecule has 0 bridgehead atoms. The number of ether oxygens (including phenoxy) is 1. The molecule has 2 aromatic carbocycles. The molecule has 2 atom stereocenters. The maximum absolute atomic E-state index is 13.9. The molecular weight excluding hydrogens is 424 g/mol. The Morgan fingerprint density at radius 2 is 1.74 bits per heavy atom. The Morgan fingerprint density at radius 3 is 2.50 bits per heavy atom. The van der Waals surface area contributed by atoms with Gasteiger partial charge < -0.3 is 4.74 Å². The molecule has 1 aliphatic heterocycles. The molecule has 5 rings (SSSR count). The van der Waals surface area contributed by atoms with Crippen LogP contribution in [-0.2, 0) is 13.1 Å². The van der Waals surface area contributed by atoms with Crippen molar-refractivity contribution in [1.29, 1.82) is 0 Å². The molecule has 2 heterocycles. The first kappa shape index (κ1) is 22.7. The Balaban J connectivity index is 1.62. The molecule has 6 nitrogen and oxygen atoms in total. The van der Waals surface area contributed by atoms with Crippen molar-refractivity contribution in [3.63, 3.8) is 0 Å². The van der Waals surface area contributed by atoms with Crippen LogP contribution < -0.4 is 15.2 Å². The lowest BCUT2D eigenvalue weighted by Gasteiger charge is -2.45. The Labute approximate surface area is 201 Å². The fraction of sp³-hybridized carbons (Fsp3) is 0.429. The summed E-state index contributed by atoms with van der Waals surface area (Å²) in [6.07, 6.45) is 5.53. The van der Waals surface area contributed by atoms with Crippen molar-refractivity contribution >= 4 is 11.6 Å². The van der Waals surface area contributed by atoms with Crippen LogP contribution in [0.15, 0.2) is 59.4 Å². The zero-order chi connectivity index (χ0) is 23.7. The number of anilines is 2. The Kier molecular flexibility index (Phi) is 6.42. The normalized spacial score (nSPS) is 20.7. The molecule has 0 radical (unpaired) electrons. The second kappa shape index (κ2) is 9.63. The van der Waals surface area contributed by atoms with Crippen molar-refractivity contribution in [3.05, 3.63) is 81.8 Å². The predicted molar refractivity (Wildman–Crippen MR) is 136 cm³/mol. The van der Waals surface area contributed by atoms with Gasteiger partial charge in [0.2, 0.25) is 5.95 Å². The summed E-state index contributed by atoms with van der Waals surface area (Å²) < 4.78 is 7.58. The van der Waals surface area contributed by atoms with Crippen LogP contribution in [-0.4, -0.2) is 34.3 Å². The van der Waals surface area contributed by atoms with Gasteiger partial charge in [0.05, 0.1) is 31.8 Å². The van der Waals surface area contributed by atoms with Gasteiger partial charge in [-0.1, -0.05) is 62.2 Å². The quantitative estimate of drug-likeness (QED) is 0.533. The molecule has 2 unspecified atom stereocenters. The van der Waals surface area contributed by atoms with E-state index in [4.69, 9.17) is 9.72 Å². The van der Waals surface area contributed by atoms with Gasteiger partial charge in [-0.3, -0.25) is 19.2 Å². The van der Waals surface area contributed by atoms with E-state index in [1.54, 1.807) is 7.11 Å². The molecule has 3 aromatic rings. The molecule has 6 heteroatoms. The molecule has 1 saturated carbocycles. The number of para-hydroxylation sites is 2. The number of benzene rings is 2. The van der Waals surface area contributed by atoms with E-state index >= 15 is 0 Å². The lowest BCUT2D eigenvalue weighted by molar-refractivity contribution is 0.0722.